The fraction of sp³-hybridized carbons (Fsp3) is 0.276. The number of nitrogens with one attached hydrogen (secondary N) is 4. The molecule has 39 heavy (non-hydrogen) atoms. The fourth-order valence-electron chi connectivity index (χ4n) is 4.51. The van der Waals surface area contributed by atoms with E-state index in [-0.39, 0.29) is 11.9 Å². The summed E-state index contributed by atoms with van der Waals surface area (Å²) in [5.74, 6) is 0.603. The van der Waals surface area contributed by atoms with Crippen molar-refractivity contribution in [2.24, 2.45) is 5.73 Å². The van der Waals surface area contributed by atoms with Crippen LogP contribution < -0.4 is 26.4 Å². The van der Waals surface area contributed by atoms with Gasteiger partial charge in [-0.25, -0.2) is 4.98 Å². The van der Waals surface area contributed by atoms with Gasteiger partial charge in [-0.2, -0.15) is 0 Å². The van der Waals surface area contributed by atoms with Crippen LogP contribution in [0.1, 0.15) is 24.0 Å². The summed E-state index contributed by atoms with van der Waals surface area (Å²) in [7, 11) is 1.59. The van der Waals surface area contributed by atoms with Crippen molar-refractivity contribution >= 4 is 40.9 Å². The minimum Gasteiger partial charge on any atom is -0.481 e. The summed E-state index contributed by atoms with van der Waals surface area (Å²) >= 11 is 13.8. The molecule has 2 heterocycles. The number of methoxy groups -OCH3 is 1. The number of nitrogens with zero attached hydrogens (tertiary/aromatic N) is 1. The second kappa shape index (κ2) is 13.6. The van der Waals surface area contributed by atoms with Gasteiger partial charge in [-0.05, 0) is 12.5 Å². The lowest BCUT2D eigenvalue weighted by molar-refractivity contribution is -0.119. The van der Waals surface area contributed by atoms with Gasteiger partial charge in [0.15, 0.2) is 0 Å². The number of carbonyl (C=O) groups is 1. The Morgan fingerprint density at radius 2 is 1.90 bits per heavy atom. The van der Waals surface area contributed by atoms with Crippen molar-refractivity contribution in [3.63, 3.8) is 0 Å². The van der Waals surface area contributed by atoms with Crippen LogP contribution in [0.5, 0.6) is 5.88 Å². The maximum Gasteiger partial charge on any atom is 0.220 e. The lowest BCUT2D eigenvalue weighted by Crippen LogP contribution is -2.35. The minimum atomic E-state index is 0.101. The van der Waals surface area contributed by atoms with Gasteiger partial charge in [0, 0.05) is 84.4 Å². The molecule has 0 radical (unpaired) electrons. The molecule has 2 aromatic carbocycles. The smallest absolute Gasteiger partial charge is 0.220 e. The number of carbonyl (C=O) groups excluding carboxylic acids is 1. The zero-order chi connectivity index (χ0) is 27.8. The average molecular weight is 568 g/mol. The maximum absolute atomic E-state index is 11.4. The van der Waals surface area contributed by atoms with E-state index in [1.54, 1.807) is 13.3 Å². The van der Waals surface area contributed by atoms with E-state index in [1.165, 1.54) is 6.21 Å². The quantitative estimate of drug-likeness (QED) is 0.161. The molecule has 1 aliphatic rings. The van der Waals surface area contributed by atoms with Gasteiger partial charge >= 0.3 is 0 Å². The average Bonchev–Trinajstić information content (AvgIpc) is 3.37. The van der Waals surface area contributed by atoms with Crippen LogP contribution in [0.2, 0.25) is 10.0 Å². The second-order valence-corrected chi connectivity index (χ2v) is 9.88. The molecule has 204 valence electrons. The largest absolute Gasteiger partial charge is 0.481 e. The molecule has 8 nitrogen and oxygen atoms in total. The monoisotopic (exact) mass is 566 g/mol. The first kappa shape index (κ1) is 28.6. The first-order valence-corrected chi connectivity index (χ1v) is 13.5. The number of pyridine rings is 1. The first-order chi connectivity index (χ1) is 19.0. The van der Waals surface area contributed by atoms with Crippen molar-refractivity contribution in [2.75, 3.05) is 26.7 Å². The van der Waals surface area contributed by atoms with E-state index >= 15 is 0 Å². The molecule has 0 saturated carbocycles. The summed E-state index contributed by atoms with van der Waals surface area (Å²) < 4.78 is 5.59. The number of aromatic nitrogens is 1. The van der Waals surface area contributed by atoms with Gasteiger partial charge in [0.2, 0.25) is 11.8 Å². The number of hydrogen-bond donors (Lipinski definition) is 5. The third kappa shape index (κ3) is 6.78. The summed E-state index contributed by atoms with van der Waals surface area (Å²) in [5.41, 5.74) is 10.7. The zero-order valence-corrected chi connectivity index (χ0v) is 23.2. The van der Waals surface area contributed by atoms with Crippen molar-refractivity contribution in [2.45, 2.75) is 25.4 Å². The molecule has 1 atom stereocenters. The molecular formula is C29H32Cl2N6O2. The summed E-state index contributed by atoms with van der Waals surface area (Å²) in [6, 6.07) is 15.4. The Morgan fingerprint density at radius 3 is 2.59 bits per heavy atom. The molecule has 1 aromatic heterocycles. The normalized spacial score (nSPS) is 15.2. The number of halogens is 2. The van der Waals surface area contributed by atoms with E-state index in [0.717, 1.165) is 28.7 Å². The van der Waals surface area contributed by atoms with Crippen LogP contribution in [0.15, 0.2) is 54.7 Å². The molecule has 0 aliphatic carbocycles. The van der Waals surface area contributed by atoms with Gasteiger partial charge in [-0.15, -0.1) is 0 Å². The molecule has 0 unspecified atom stereocenters. The number of rotatable bonds is 12. The molecule has 0 spiro atoms. The molecule has 10 heteroatoms. The van der Waals surface area contributed by atoms with Crippen molar-refractivity contribution in [1.82, 2.24) is 20.9 Å². The lowest BCUT2D eigenvalue weighted by Gasteiger charge is -2.16. The van der Waals surface area contributed by atoms with E-state index in [4.69, 9.17) is 44.1 Å². The van der Waals surface area contributed by atoms with Gasteiger partial charge in [-0.1, -0.05) is 65.7 Å². The predicted octanol–water partition coefficient (Wildman–Crippen LogP) is 4.64. The van der Waals surface area contributed by atoms with Crippen LogP contribution in [0.25, 0.3) is 28.0 Å². The third-order valence-corrected chi connectivity index (χ3v) is 7.31. The Kier molecular flexibility index (Phi) is 9.95. The highest BCUT2D eigenvalue weighted by molar-refractivity contribution is 6.39. The Bertz CT molecular complexity index is 1380. The Balaban J connectivity index is 1.60. The van der Waals surface area contributed by atoms with Crippen molar-refractivity contribution in [3.05, 3.63) is 75.9 Å². The molecule has 1 saturated heterocycles. The number of benzene rings is 2. The summed E-state index contributed by atoms with van der Waals surface area (Å²) in [5, 5.41) is 18.3. The number of allylic oxidation sites excluding steroid dienone is 1. The lowest BCUT2D eigenvalue weighted by atomic mass is 9.97. The highest BCUT2D eigenvalue weighted by atomic mass is 35.5. The highest BCUT2D eigenvalue weighted by Gasteiger charge is 2.21. The topological polar surface area (TPSA) is 125 Å². The van der Waals surface area contributed by atoms with Crippen LogP contribution in [-0.2, 0) is 11.3 Å². The van der Waals surface area contributed by atoms with E-state index in [1.807, 2.05) is 48.5 Å². The maximum atomic E-state index is 11.4. The molecule has 1 aliphatic heterocycles. The third-order valence-electron chi connectivity index (χ3n) is 6.50. The van der Waals surface area contributed by atoms with Crippen LogP contribution in [0, 0.1) is 5.41 Å². The minimum absolute atomic E-state index is 0.101. The van der Waals surface area contributed by atoms with Crippen molar-refractivity contribution in [3.8, 4) is 28.3 Å². The van der Waals surface area contributed by atoms with Gasteiger partial charge < -0.3 is 31.8 Å². The van der Waals surface area contributed by atoms with Gasteiger partial charge in [-0.3, -0.25) is 4.79 Å². The van der Waals surface area contributed by atoms with Crippen LogP contribution in [0.4, 0.5) is 0 Å². The number of ether oxygens (including phenoxy) is 1. The number of amides is 1. The Hall–Kier alpha value is -3.43. The molecule has 1 amide bonds. The number of hydrogen-bond acceptors (Lipinski definition) is 7. The van der Waals surface area contributed by atoms with E-state index < -0.39 is 0 Å². The van der Waals surface area contributed by atoms with Gasteiger partial charge in [0.05, 0.1) is 22.8 Å². The van der Waals surface area contributed by atoms with Crippen molar-refractivity contribution < 1.29 is 9.53 Å². The highest BCUT2D eigenvalue weighted by Crippen LogP contribution is 2.41. The molecule has 0 bridgehead atoms. The SMILES string of the molecule is COc1nc(-c2cccc(-c3cccc(/C(C=N)=C/NCCN)c3Cl)c2Cl)ccc1CNC[C@@H]1CCC(=O)N1. The summed E-state index contributed by atoms with van der Waals surface area (Å²) in [6.45, 7) is 2.31. The summed E-state index contributed by atoms with van der Waals surface area (Å²) in [6.07, 6.45) is 4.40. The first-order valence-electron chi connectivity index (χ1n) is 12.7. The van der Waals surface area contributed by atoms with E-state index in [0.29, 0.717) is 65.4 Å². The molecule has 6 N–H and O–H groups in total. The molecular weight excluding hydrogens is 535 g/mol. The molecule has 1 fully saturated rings. The van der Waals surface area contributed by atoms with E-state index in [2.05, 4.69) is 16.0 Å². The van der Waals surface area contributed by atoms with Crippen LogP contribution >= 0.6 is 23.2 Å². The molecule has 4 rings (SSSR count). The Labute approximate surface area is 238 Å². The predicted molar refractivity (Wildman–Crippen MR) is 158 cm³/mol. The van der Waals surface area contributed by atoms with Crippen molar-refractivity contribution in [1.29, 1.82) is 5.41 Å². The second-order valence-electron chi connectivity index (χ2n) is 9.12. The van der Waals surface area contributed by atoms with Gasteiger partial charge in [0.25, 0.3) is 0 Å². The Morgan fingerprint density at radius 1 is 1.15 bits per heavy atom. The van der Waals surface area contributed by atoms with Crippen LogP contribution in [-0.4, -0.2) is 49.9 Å². The standard InChI is InChI=1S/C29H32Cl2N6O2/c1-39-29-18(15-35-17-20-9-11-26(38)36-20)8-10-25(37-29)24-7-3-6-23(28(24)31)22-5-2-4-21(27(22)30)19(14-33)16-34-13-12-32/h2-8,10,14,16,20,33-35H,9,11-13,15,17,32H2,1H3,(H,36,38)/b19-16+,33-14?/t20-/m0/s1. The summed E-state index contributed by atoms with van der Waals surface area (Å²) in [4.78, 5) is 16.2. The fourth-order valence-corrected chi connectivity index (χ4v) is 5.17. The van der Waals surface area contributed by atoms with E-state index in [9.17, 15) is 4.79 Å². The number of nitrogens with two attached hydrogens (primary N) is 1. The molecule has 3 aromatic rings. The van der Waals surface area contributed by atoms with Gasteiger partial charge in [0.1, 0.15) is 0 Å². The van der Waals surface area contributed by atoms with Crippen LogP contribution in [0.3, 0.4) is 0 Å². The zero-order valence-electron chi connectivity index (χ0n) is 21.7.